The number of nitrogens with zero attached hydrogens (tertiary/aromatic N) is 1. The Balaban J connectivity index is 1.52. The Bertz CT molecular complexity index is 751. The third-order valence-corrected chi connectivity index (χ3v) is 5.51. The van der Waals surface area contributed by atoms with Crippen molar-refractivity contribution < 1.29 is 9.18 Å². The predicted octanol–water partition coefficient (Wildman–Crippen LogP) is 4.61. The summed E-state index contributed by atoms with van der Waals surface area (Å²) in [4.78, 5) is 15.0. The minimum absolute atomic E-state index is 0.0429. The number of carbonyl (C=O) groups is 1. The highest BCUT2D eigenvalue weighted by Gasteiger charge is 2.26. The highest BCUT2D eigenvalue weighted by atomic mass is 19.1. The lowest BCUT2D eigenvalue weighted by Crippen LogP contribution is -2.41. The van der Waals surface area contributed by atoms with Gasteiger partial charge >= 0.3 is 0 Å². The number of halogens is 1. The summed E-state index contributed by atoms with van der Waals surface area (Å²) >= 11 is 0. The van der Waals surface area contributed by atoms with E-state index in [1.807, 2.05) is 12.1 Å². The molecule has 1 atom stereocenters. The van der Waals surface area contributed by atoms with Gasteiger partial charge in [-0.3, -0.25) is 9.69 Å². The molecule has 1 aliphatic rings. The molecule has 27 heavy (non-hydrogen) atoms. The van der Waals surface area contributed by atoms with Crippen molar-refractivity contribution in [1.29, 1.82) is 0 Å². The van der Waals surface area contributed by atoms with Crippen molar-refractivity contribution in [1.82, 2.24) is 10.2 Å². The number of rotatable bonds is 6. The van der Waals surface area contributed by atoms with E-state index in [4.69, 9.17) is 0 Å². The molecule has 1 fully saturated rings. The molecule has 0 aromatic heterocycles. The van der Waals surface area contributed by atoms with Gasteiger partial charge in [0.05, 0.1) is 6.04 Å². The Morgan fingerprint density at radius 3 is 2.44 bits per heavy atom. The van der Waals surface area contributed by atoms with Crippen LogP contribution in [0.25, 0.3) is 0 Å². The quantitative estimate of drug-likeness (QED) is 0.807. The Morgan fingerprint density at radius 1 is 1.15 bits per heavy atom. The van der Waals surface area contributed by atoms with Gasteiger partial charge in [0.2, 0.25) is 5.91 Å². The van der Waals surface area contributed by atoms with Gasteiger partial charge in [0, 0.05) is 18.0 Å². The molecule has 1 saturated heterocycles. The van der Waals surface area contributed by atoms with Crippen LogP contribution in [0.3, 0.4) is 0 Å². The minimum Gasteiger partial charge on any atom is -0.349 e. The summed E-state index contributed by atoms with van der Waals surface area (Å²) in [6.45, 7) is 6.43. The molecule has 1 N–H and O–H groups in total. The Kier molecular flexibility index (Phi) is 6.62. The van der Waals surface area contributed by atoms with Crippen LogP contribution in [0.2, 0.25) is 0 Å². The first-order valence-corrected chi connectivity index (χ1v) is 9.89. The fraction of sp³-hybridized carbons (Fsp3) is 0.435. The first-order chi connectivity index (χ1) is 13.1. The summed E-state index contributed by atoms with van der Waals surface area (Å²) in [5.41, 5.74) is 3.11. The van der Waals surface area contributed by atoms with E-state index in [-0.39, 0.29) is 23.7 Å². The number of hydrogen-bond donors (Lipinski definition) is 1. The van der Waals surface area contributed by atoms with E-state index in [2.05, 4.69) is 48.3 Å². The maximum Gasteiger partial charge on any atom is 0.223 e. The molecule has 2 aromatic carbocycles. The number of piperidine rings is 1. The molecule has 0 saturated carbocycles. The zero-order chi connectivity index (χ0) is 19.2. The standard InChI is InChI=1S/C23H29FN2O/c1-3-22(18-10-8-17(2)9-11-18)25-23(27)19-12-14-26(15-13-19)16-20-6-4-5-7-21(20)24/h4-11,19,22H,3,12-16H2,1-2H3,(H,25,27)/t22-/m0/s1. The number of nitrogens with one attached hydrogen (secondary N) is 1. The highest BCUT2D eigenvalue weighted by molar-refractivity contribution is 5.79. The van der Waals surface area contributed by atoms with Gasteiger partial charge in [-0.2, -0.15) is 0 Å². The third-order valence-electron chi connectivity index (χ3n) is 5.51. The second-order valence-corrected chi connectivity index (χ2v) is 7.52. The molecule has 4 heteroatoms. The van der Waals surface area contributed by atoms with Crippen LogP contribution in [0.15, 0.2) is 48.5 Å². The largest absolute Gasteiger partial charge is 0.349 e. The minimum atomic E-state index is -0.152. The Hall–Kier alpha value is -2.20. The fourth-order valence-corrected chi connectivity index (χ4v) is 3.73. The SMILES string of the molecule is CC[C@H](NC(=O)C1CCN(Cc2ccccc2F)CC1)c1ccc(C)cc1. The van der Waals surface area contributed by atoms with Crippen molar-refractivity contribution in [2.45, 2.75) is 45.7 Å². The molecule has 3 rings (SSSR count). The van der Waals surface area contributed by atoms with E-state index in [1.54, 1.807) is 6.07 Å². The van der Waals surface area contributed by atoms with Crippen molar-refractivity contribution in [2.24, 2.45) is 5.92 Å². The molecule has 1 heterocycles. The van der Waals surface area contributed by atoms with Gasteiger partial charge in [0.25, 0.3) is 0 Å². The van der Waals surface area contributed by atoms with E-state index < -0.39 is 0 Å². The molecule has 1 amide bonds. The molecular weight excluding hydrogens is 339 g/mol. The van der Waals surface area contributed by atoms with E-state index >= 15 is 0 Å². The Morgan fingerprint density at radius 2 is 1.81 bits per heavy atom. The summed E-state index contributed by atoms with van der Waals surface area (Å²) in [5.74, 6) is 0.0376. The van der Waals surface area contributed by atoms with Crippen molar-refractivity contribution in [2.75, 3.05) is 13.1 Å². The number of amides is 1. The molecule has 3 nitrogen and oxygen atoms in total. The second-order valence-electron chi connectivity index (χ2n) is 7.52. The van der Waals surface area contributed by atoms with E-state index in [1.165, 1.54) is 11.6 Å². The van der Waals surface area contributed by atoms with E-state index in [9.17, 15) is 9.18 Å². The second kappa shape index (κ2) is 9.14. The first kappa shape index (κ1) is 19.6. The van der Waals surface area contributed by atoms with Gasteiger partial charge in [-0.05, 0) is 50.9 Å². The van der Waals surface area contributed by atoms with Gasteiger partial charge in [-0.1, -0.05) is 55.0 Å². The number of hydrogen-bond acceptors (Lipinski definition) is 2. The summed E-state index contributed by atoms with van der Waals surface area (Å²) in [7, 11) is 0. The van der Waals surface area contributed by atoms with Crippen LogP contribution in [-0.4, -0.2) is 23.9 Å². The molecule has 0 spiro atoms. The summed E-state index contributed by atoms with van der Waals surface area (Å²) in [5, 5.41) is 3.23. The molecule has 144 valence electrons. The molecule has 0 aliphatic carbocycles. The molecule has 0 unspecified atom stereocenters. The molecule has 1 aliphatic heterocycles. The van der Waals surface area contributed by atoms with Crippen LogP contribution in [0.1, 0.15) is 48.9 Å². The van der Waals surface area contributed by atoms with Gasteiger partial charge < -0.3 is 5.32 Å². The van der Waals surface area contributed by atoms with Crippen LogP contribution < -0.4 is 5.32 Å². The number of carbonyl (C=O) groups excluding carboxylic acids is 1. The predicted molar refractivity (Wildman–Crippen MR) is 107 cm³/mol. The van der Waals surface area contributed by atoms with Crippen LogP contribution in [-0.2, 0) is 11.3 Å². The molecular formula is C23H29FN2O. The summed E-state index contributed by atoms with van der Waals surface area (Å²) in [6.07, 6.45) is 2.52. The van der Waals surface area contributed by atoms with Gasteiger partial charge in [-0.25, -0.2) is 4.39 Å². The smallest absolute Gasteiger partial charge is 0.223 e. The molecule has 2 aromatic rings. The molecule has 0 radical (unpaired) electrons. The zero-order valence-electron chi connectivity index (χ0n) is 16.2. The number of likely N-dealkylation sites (tertiary alicyclic amines) is 1. The Labute approximate surface area is 161 Å². The normalized spacial score (nSPS) is 16.9. The maximum absolute atomic E-state index is 13.8. The van der Waals surface area contributed by atoms with Gasteiger partial charge in [-0.15, -0.1) is 0 Å². The van der Waals surface area contributed by atoms with Crippen LogP contribution >= 0.6 is 0 Å². The van der Waals surface area contributed by atoms with E-state index in [0.29, 0.717) is 6.54 Å². The average molecular weight is 368 g/mol. The fourth-order valence-electron chi connectivity index (χ4n) is 3.73. The van der Waals surface area contributed by atoms with Crippen LogP contribution in [0, 0.1) is 18.7 Å². The lowest BCUT2D eigenvalue weighted by atomic mass is 9.94. The summed E-state index contributed by atoms with van der Waals surface area (Å²) < 4.78 is 13.8. The van der Waals surface area contributed by atoms with Crippen molar-refractivity contribution >= 4 is 5.91 Å². The number of aryl methyl sites for hydroxylation is 1. The lowest BCUT2D eigenvalue weighted by molar-refractivity contribution is -0.127. The first-order valence-electron chi connectivity index (χ1n) is 9.89. The topological polar surface area (TPSA) is 32.3 Å². The van der Waals surface area contributed by atoms with Crippen molar-refractivity contribution in [3.05, 3.63) is 71.0 Å². The monoisotopic (exact) mass is 368 g/mol. The van der Waals surface area contributed by atoms with Crippen molar-refractivity contribution in [3.8, 4) is 0 Å². The maximum atomic E-state index is 13.8. The number of benzene rings is 2. The van der Waals surface area contributed by atoms with Crippen LogP contribution in [0.5, 0.6) is 0 Å². The van der Waals surface area contributed by atoms with E-state index in [0.717, 1.165) is 43.5 Å². The molecule has 0 bridgehead atoms. The average Bonchev–Trinajstić information content (AvgIpc) is 2.69. The zero-order valence-corrected chi connectivity index (χ0v) is 16.2. The highest BCUT2D eigenvalue weighted by Crippen LogP contribution is 2.23. The third kappa shape index (κ3) is 5.16. The van der Waals surface area contributed by atoms with Crippen molar-refractivity contribution in [3.63, 3.8) is 0 Å². The van der Waals surface area contributed by atoms with Gasteiger partial charge in [0.15, 0.2) is 0 Å². The lowest BCUT2D eigenvalue weighted by Gasteiger charge is -2.32. The van der Waals surface area contributed by atoms with Gasteiger partial charge in [0.1, 0.15) is 5.82 Å². The summed E-state index contributed by atoms with van der Waals surface area (Å²) in [6, 6.07) is 15.4. The van der Waals surface area contributed by atoms with Crippen LogP contribution in [0.4, 0.5) is 4.39 Å².